The molecule has 0 fully saturated rings. The number of methoxy groups -OCH3 is 1. The number of rotatable bonds is 6. The molecule has 146 valence electrons. The molecule has 0 aliphatic rings. The lowest BCUT2D eigenvalue weighted by molar-refractivity contribution is -0.117. The van der Waals surface area contributed by atoms with E-state index in [0.29, 0.717) is 6.42 Å². The summed E-state index contributed by atoms with van der Waals surface area (Å²) >= 11 is 1.53. The van der Waals surface area contributed by atoms with Crippen LogP contribution in [0.1, 0.15) is 27.2 Å². The highest BCUT2D eigenvalue weighted by molar-refractivity contribution is 7.14. The smallest absolute Gasteiger partial charge is 0.224 e. The van der Waals surface area contributed by atoms with Crippen LogP contribution >= 0.6 is 11.3 Å². The van der Waals surface area contributed by atoms with E-state index in [1.165, 1.54) is 11.3 Å². The number of ether oxygens (including phenoxy) is 1. The molecule has 0 radical (unpaired) electrons. The first-order valence-corrected chi connectivity index (χ1v) is 9.97. The second-order valence-corrected chi connectivity index (χ2v) is 8.62. The number of aromatic nitrogens is 1. The summed E-state index contributed by atoms with van der Waals surface area (Å²) in [7, 11) is 1.65. The fourth-order valence-corrected chi connectivity index (χ4v) is 3.47. The van der Waals surface area contributed by atoms with Crippen LogP contribution in [0.15, 0.2) is 53.9 Å². The average molecular weight is 396 g/mol. The van der Waals surface area contributed by atoms with Gasteiger partial charge in [-0.1, -0.05) is 39.0 Å². The minimum Gasteiger partial charge on any atom is -0.497 e. The van der Waals surface area contributed by atoms with Gasteiger partial charge in [-0.3, -0.25) is 4.79 Å². The van der Waals surface area contributed by atoms with E-state index in [-0.39, 0.29) is 11.3 Å². The van der Waals surface area contributed by atoms with Gasteiger partial charge in [-0.05, 0) is 29.7 Å². The number of amides is 1. The number of nitrogens with zero attached hydrogens (tertiary/aromatic N) is 1. The van der Waals surface area contributed by atoms with Gasteiger partial charge in [-0.15, -0.1) is 11.3 Å². The highest BCUT2D eigenvalue weighted by Crippen LogP contribution is 2.29. The lowest BCUT2D eigenvalue weighted by Crippen LogP contribution is -2.19. The summed E-state index contributed by atoms with van der Waals surface area (Å²) in [6, 6.07) is 15.5. The Kier molecular flexibility index (Phi) is 5.99. The summed E-state index contributed by atoms with van der Waals surface area (Å²) in [5.41, 5.74) is 3.48. The van der Waals surface area contributed by atoms with Crippen molar-refractivity contribution < 1.29 is 9.53 Å². The van der Waals surface area contributed by atoms with Crippen LogP contribution in [0.2, 0.25) is 0 Å². The zero-order valence-electron chi connectivity index (χ0n) is 16.6. The minimum absolute atomic E-state index is 0.0170. The monoisotopic (exact) mass is 395 g/mol. The Morgan fingerprint density at radius 1 is 1.11 bits per heavy atom. The number of hydrogen-bond donors (Lipinski definition) is 2. The van der Waals surface area contributed by atoms with Gasteiger partial charge in [0.2, 0.25) is 5.91 Å². The molecule has 0 saturated heterocycles. The number of nitrogens with one attached hydrogen (secondary N) is 2. The Morgan fingerprint density at radius 3 is 2.61 bits per heavy atom. The molecule has 0 aliphatic heterocycles. The Morgan fingerprint density at radius 2 is 1.86 bits per heavy atom. The third-order valence-electron chi connectivity index (χ3n) is 3.96. The van der Waals surface area contributed by atoms with Crippen LogP contribution in [0, 0.1) is 5.41 Å². The van der Waals surface area contributed by atoms with Crippen LogP contribution < -0.4 is 15.4 Å². The van der Waals surface area contributed by atoms with E-state index in [0.717, 1.165) is 33.5 Å². The fourth-order valence-electron chi connectivity index (χ4n) is 2.73. The van der Waals surface area contributed by atoms with Crippen LogP contribution in [-0.2, 0) is 4.79 Å². The summed E-state index contributed by atoms with van der Waals surface area (Å²) in [4.78, 5) is 16.9. The normalized spacial score (nSPS) is 11.1. The number of hydrogen-bond acceptors (Lipinski definition) is 5. The van der Waals surface area contributed by atoms with Gasteiger partial charge in [0, 0.05) is 34.8 Å². The predicted octanol–water partition coefficient (Wildman–Crippen LogP) is 5.94. The van der Waals surface area contributed by atoms with Crippen molar-refractivity contribution in [1.82, 2.24) is 4.98 Å². The van der Waals surface area contributed by atoms with Crippen LogP contribution in [-0.4, -0.2) is 18.0 Å². The molecule has 3 rings (SSSR count). The third kappa shape index (κ3) is 5.57. The van der Waals surface area contributed by atoms with Crippen molar-refractivity contribution in [3.8, 4) is 17.0 Å². The van der Waals surface area contributed by atoms with Crippen molar-refractivity contribution in [2.45, 2.75) is 27.2 Å². The van der Waals surface area contributed by atoms with Crippen molar-refractivity contribution in [1.29, 1.82) is 0 Å². The summed E-state index contributed by atoms with van der Waals surface area (Å²) in [5, 5.41) is 9.07. The first kappa shape index (κ1) is 19.9. The lowest BCUT2D eigenvalue weighted by atomic mass is 9.92. The van der Waals surface area contributed by atoms with E-state index < -0.39 is 0 Å². The van der Waals surface area contributed by atoms with Gasteiger partial charge in [-0.2, -0.15) is 0 Å². The summed E-state index contributed by atoms with van der Waals surface area (Å²) in [5.74, 6) is 0.809. The van der Waals surface area contributed by atoms with Crippen molar-refractivity contribution in [2.75, 3.05) is 17.7 Å². The van der Waals surface area contributed by atoms with Crippen LogP contribution in [0.5, 0.6) is 5.75 Å². The summed E-state index contributed by atoms with van der Waals surface area (Å²) in [6.07, 6.45) is 0.475. The van der Waals surface area contributed by atoms with Crippen molar-refractivity contribution in [3.05, 3.63) is 53.9 Å². The first-order valence-electron chi connectivity index (χ1n) is 9.09. The van der Waals surface area contributed by atoms with Crippen molar-refractivity contribution >= 4 is 33.8 Å². The highest BCUT2D eigenvalue weighted by Gasteiger charge is 2.16. The van der Waals surface area contributed by atoms with Crippen molar-refractivity contribution in [2.24, 2.45) is 5.41 Å². The molecule has 2 aromatic carbocycles. The van der Waals surface area contributed by atoms with Gasteiger partial charge in [-0.25, -0.2) is 4.98 Å². The molecule has 5 nitrogen and oxygen atoms in total. The molecule has 6 heteroatoms. The zero-order chi connectivity index (χ0) is 20.1. The maximum absolute atomic E-state index is 12.2. The van der Waals surface area contributed by atoms with E-state index in [4.69, 9.17) is 4.74 Å². The number of anilines is 3. The van der Waals surface area contributed by atoms with Crippen LogP contribution in [0.3, 0.4) is 0 Å². The van der Waals surface area contributed by atoms with Gasteiger partial charge >= 0.3 is 0 Å². The van der Waals surface area contributed by atoms with Crippen LogP contribution in [0.4, 0.5) is 16.5 Å². The van der Waals surface area contributed by atoms with Gasteiger partial charge in [0.15, 0.2) is 5.13 Å². The van der Waals surface area contributed by atoms with E-state index in [1.54, 1.807) is 7.11 Å². The standard InChI is InChI=1S/C22H25N3O2S/c1-22(2,3)13-20(26)23-16-8-5-7-15(11-16)19-14-28-21(25-19)24-17-9-6-10-18(12-17)27-4/h5-12,14H,13H2,1-4H3,(H,23,26)(H,24,25). The SMILES string of the molecule is COc1cccc(Nc2nc(-c3cccc(NC(=O)CC(C)(C)C)c3)cs2)c1. The van der Waals surface area contributed by atoms with Crippen molar-refractivity contribution in [3.63, 3.8) is 0 Å². The maximum atomic E-state index is 12.2. The Bertz CT molecular complexity index is 960. The number of carbonyl (C=O) groups excluding carboxylic acids is 1. The highest BCUT2D eigenvalue weighted by atomic mass is 32.1. The molecule has 0 bridgehead atoms. The molecular weight excluding hydrogens is 370 g/mol. The average Bonchev–Trinajstić information content (AvgIpc) is 3.09. The topological polar surface area (TPSA) is 63.2 Å². The second-order valence-electron chi connectivity index (χ2n) is 7.76. The molecule has 2 N–H and O–H groups in total. The van der Waals surface area contributed by atoms with Gasteiger partial charge in [0.25, 0.3) is 0 Å². The van der Waals surface area contributed by atoms with E-state index in [2.05, 4.69) is 36.4 Å². The zero-order valence-corrected chi connectivity index (χ0v) is 17.4. The molecular formula is C22H25N3O2S. The molecule has 3 aromatic rings. The van der Waals surface area contributed by atoms with E-state index >= 15 is 0 Å². The predicted molar refractivity (Wildman–Crippen MR) is 117 cm³/mol. The molecule has 0 aliphatic carbocycles. The molecule has 0 saturated carbocycles. The molecule has 1 aromatic heterocycles. The number of thiazole rings is 1. The Labute approximate surface area is 169 Å². The maximum Gasteiger partial charge on any atom is 0.224 e. The minimum atomic E-state index is -0.0443. The van der Waals surface area contributed by atoms with E-state index in [1.807, 2.05) is 53.9 Å². The molecule has 0 spiro atoms. The van der Waals surface area contributed by atoms with Crippen LogP contribution in [0.25, 0.3) is 11.3 Å². The Hall–Kier alpha value is -2.86. The summed E-state index contributed by atoms with van der Waals surface area (Å²) < 4.78 is 5.25. The quantitative estimate of drug-likeness (QED) is 0.542. The largest absolute Gasteiger partial charge is 0.497 e. The van der Waals surface area contributed by atoms with Gasteiger partial charge < -0.3 is 15.4 Å². The lowest BCUT2D eigenvalue weighted by Gasteiger charge is -2.17. The molecule has 28 heavy (non-hydrogen) atoms. The number of benzene rings is 2. The number of carbonyl (C=O) groups is 1. The molecule has 1 amide bonds. The molecule has 1 heterocycles. The van der Waals surface area contributed by atoms with E-state index in [9.17, 15) is 4.79 Å². The summed E-state index contributed by atoms with van der Waals surface area (Å²) in [6.45, 7) is 6.15. The molecule has 0 atom stereocenters. The third-order valence-corrected chi connectivity index (χ3v) is 4.72. The first-order chi connectivity index (χ1) is 13.3. The van der Waals surface area contributed by atoms with Gasteiger partial charge in [0.05, 0.1) is 12.8 Å². The fraction of sp³-hybridized carbons (Fsp3) is 0.273. The Balaban J connectivity index is 1.71. The molecule has 0 unspecified atom stereocenters. The van der Waals surface area contributed by atoms with Gasteiger partial charge in [0.1, 0.15) is 5.75 Å². The second kappa shape index (κ2) is 8.44.